The van der Waals surface area contributed by atoms with Gasteiger partial charge in [0.15, 0.2) is 0 Å². The Kier molecular flexibility index (Phi) is 5.75. The summed E-state index contributed by atoms with van der Waals surface area (Å²) in [6, 6.07) is 26.8. The van der Waals surface area contributed by atoms with Gasteiger partial charge in [0.25, 0.3) is 0 Å². The van der Waals surface area contributed by atoms with Crippen LogP contribution < -0.4 is 14.2 Å². The monoisotopic (exact) mass is 450 g/mol. The summed E-state index contributed by atoms with van der Waals surface area (Å²) in [7, 11) is 5.16. The molecule has 0 amide bonds. The van der Waals surface area contributed by atoms with Gasteiger partial charge < -0.3 is 0 Å². The Morgan fingerprint density at radius 2 is 0.966 bits per heavy atom. The molecule has 3 aromatic carbocycles. The van der Waals surface area contributed by atoms with Gasteiger partial charge >= 0.3 is 177 Å². The van der Waals surface area contributed by atoms with Gasteiger partial charge in [-0.3, -0.25) is 0 Å². The fourth-order valence-corrected chi connectivity index (χ4v) is 6.06. The summed E-state index contributed by atoms with van der Waals surface area (Å²) in [4.78, 5) is 0. The summed E-state index contributed by atoms with van der Waals surface area (Å²) in [6.45, 7) is 0. The van der Waals surface area contributed by atoms with Crippen molar-refractivity contribution in [3.05, 3.63) is 78.9 Å². The maximum absolute atomic E-state index is 5.68. The summed E-state index contributed by atoms with van der Waals surface area (Å²) in [5.41, 5.74) is 4.51. The SMILES string of the molecule is COc1ccccc1-c1cc(-c2ccccc2OC)c(-c2ccccc2OC)[se]1. The van der Waals surface area contributed by atoms with E-state index in [9.17, 15) is 0 Å². The molecule has 1 aromatic heterocycles. The van der Waals surface area contributed by atoms with Crippen molar-refractivity contribution in [3.63, 3.8) is 0 Å². The Morgan fingerprint density at radius 3 is 1.55 bits per heavy atom. The molecule has 0 saturated carbocycles. The number of benzene rings is 3. The second-order valence-electron chi connectivity index (χ2n) is 6.45. The van der Waals surface area contributed by atoms with Gasteiger partial charge in [0.05, 0.1) is 0 Å². The standard InChI is InChI=1S/C25H22O3Se/c1-26-21-13-7-4-10-17(21)20-16-24(18-11-5-8-14-22(18)27-2)29-25(20)19-12-6-9-15-23(19)28-3/h4-16H,1-3H3. The molecule has 0 unspecified atom stereocenters. The van der Waals surface area contributed by atoms with E-state index in [4.69, 9.17) is 14.2 Å². The van der Waals surface area contributed by atoms with Gasteiger partial charge in [-0.1, -0.05) is 0 Å². The number of ether oxygens (including phenoxy) is 3. The minimum absolute atomic E-state index is 0.0828. The Bertz CT molecular complexity index is 1070. The van der Waals surface area contributed by atoms with Crippen molar-refractivity contribution in [2.75, 3.05) is 21.3 Å². The molecule has 0 fully saturated rings. The minimum atomic E-state index is 0.0828. The van der Waals surface area contributed by atoms with E-state index in [0.717, 1.165) is 33.9 Å². The second-order valence-corrected chi connectivity index (χ2v) is 8.66. The van der Waals surface area contributed by atoms with E-state index in [1.165, 1.54) is 14.4 Å². The predicted molar refractivity (Wildman–Crippen MR) is 119 cm³/mol. The van der Waals surface area contributed by atoms with Crippen molar-refractivity contribution in [1.82, 2.24) is 0 Å². The van der Waals surface area contributed by atoms with Crippen molar-refractivity contribution in [2.24, 2.45) is 0 Å². The van der Waals surface area contributed by atoms with Gasteiger partial charge in [0.1, 0.15) is 0 Å². The number of methoxy groups -OCH3 is 3. The first-order valence-electron chi connectivity index (χ1n) is 9.30. The Morgan fingerprint density at radius 1 is 0.517 bits per heavy atom. The molecule has 29 heavy (non-hydrogen) atoms. The van der Waals surface area contributed by atoms with Gasteiger partial charge in [-0.25, -0.2) is 0 Å². The molecule has 0 aliphatic carbocycles. The molecule has 0 atom stereocenters. The fourth-order valence-electron chi connectivity index (χ4n) is 3.47. The van der Waals surface area contributed by atoms with Crippen LogP contribution in [0.1, 0.15) is 0 Å². The van der Waals surface area contributed by atoms with Crippen molar-refractivity contribution in [1.29, 1.82) is 0 Å². The van der Waals surface area contributed by atoms with E-state index in [0.29, 0.717) is 0 Å². The van der Waals surface area contributed by atoms with Crippen LogP contribution in [0.15, 0.2) is 78.9 Å². The molecule has 0 aliphatic heterocycles. The first-order valence-corrected chi connectivity index (χ1v) is 11.0. The number of rotatable bonds is 6. The summed E-state index contributed by atoms with van der Waals surface area (Å²) in [5.74, 6) is 2.64. The number of hydrogen-bond donors (Lipinski definition) is 0. The third-order valence-corrected chi connectivity index (χ3v) is 7.37. The van der Waals surface area contributed by atoms with E-state index < -0.39 is 0 Å². The number of para-hydroxylation sites is 3. The second kappa shape index (κ2) is 8.60. The average molecular weight is 449 g/mol. The molecule has 4 heteroatoms. The van der Waals surface area contributed by atoms with Gasteiger partial charge in [-0.15, -0.1) is 0 Å². The summed E-state index contributed by atoms with van der Waals surface area (Å²) in [5, 5.41) is 0. The zero-order valence-corrected chi connectivity index (χ0v) is 18.4. The van der Waals surface area contributed by atoms with Gasteiger partial charge in [0.2, 0.25) is 0 Å². The molecule has 0 saturated heterocycles. The van der Waals surface area contributed by atoms with E-state index in [2.05, 4.69) is 36.4 Å². The molecule has 4 rings (SSSR count). The van der Waals surface area contributed by atoms with Crippen LogP contribution in [0.5, 0.6) is 17.2 Å². The van der Waals surface area contributed by atoms with Crippen LogP contribution in [-0.2, 0) is 0 Å². The fraction of sp³-hybridized carbons (Fsp3) is 0.120. The predicted octanol–water partition coefficient (Wildman–Crippen LogP) is 5.77. The van der Waals surface area contributed by atoms with E-state index in [1.807, 2.05) is 42.5 Å². The normalized spacial score (nSPS) is 10.6. The number of hydrogen-bond acceptors (Lipinski definition) is 3. The van der Waals surface area contributed by atoms with E-state index in [-0.39, 0.29) is 14.5 Å². The molecule has 1 heterocycles. The van der Waals surface area contributed by atoms with Gasteiger partial charge in [-0.05, 0) is 0 Å². The quantitative estimate of drug-likeness (QED) is 0.350. The first-order chi connectivity index (χ1) is 14.3. The van der Waals surface area contributed by atoms with Gasteiger partial charge in [0, 0.05) is 0 Å². The Labute approximate surface area is 177 Å². The first kappa shape index (κ1) is 19.4. The molecule has 0 spiro atoms. The van der Waals surface area contributed by atoms with Crippen LogP contribution in [0.25, 0.3) is 31.1 Å². The van der Waals surface area contributed by atoms with Crippen LogP contribution in [0, 0.1) is 0 Å². The molecule has 0 N–H and O–H groups in total. The van der Waals surface area contributed by atoms with Crippen LogP contribution in [0.2, 0.25) is 0 Å². The average Bonchev–Trinajstić information content (AvgIpc) is 3.23. The zero-order chi connectivity index (χ0) is 20.2. The molecular weight excluding hydrogens is 427 g/mol. The molecule has 4 aromatic rings. The van der Waals surface area contributed by atoms with Crippen molar-refractivity contribution in [2.45, 2.75) is 0 Å². The molecule has 0 radical (unpaired) electrons. The molecule has 0 aliphatic rings. The zero-order valence-electron chi connectivity index (χ0n) is 16.6. The third kappa shape index (κ3) is 3.69. The molecule has 0 bridgehead atoms. The van der Waals surface area contributed by atoms with Crippen LogP contribution >= 0.6 is 0 Å². The molecular formula is C25H22O3Se. The Balaban J connectivity index is 1.99. The van der Waals surface area contributed by atoms with Crippen LogP contribution in [0.4, 0.5) is 0 Å². The summed E-state index contributed by atoms with van der Waals surface area (Å²) >= 11 is 0.0828. The van der Waals surface area contributed by atoms with Gasteiger partial charge in [-0.2, -0.15) is 0 Å². The molecule has 146 valence electrons. The topological polar surface area (TPSA) is 27.7 Å². The van der Waals surface area contributed by atoms with E-state index in [1.54, 1.807) is 21.3 Å². The van der Waals surface area contributed by atoms with Crippen molar-refractivity contribution < 1.29 is 14.2 Å². The van der Waals surface area contributed by atoms with Crippen molar-refractivity contribution >= 4 is 14.5 Å². The summed E-state index contributed by atoms with van der Waals surface area (Å²) in [6.07, 6.45) is 0. The van der Waals surface area contributed by atoms with Crippen LogP contribution in [0.3, 0.4) is 0 Å². The maximum atomic E-state index is 5.68. The molecule has 3 nitrogen and oxygen atoms in total. The van der Waals surface area contributed by atoms with Crippen LogP contribution in [-0.4, -0.2) is 35.8 Å². The van der Waals surface area contributed by atoms with E-state index >= 15 is 0 Å². The summed E-state index contributed by atoms with van der Waals surface area (Å²) < 4.78 is 19.5. The third-order valence-electron chi connectivity index (χ3n) is 4.85. The Hall–Kier alpha value is -2.94. The van der Waals surface area contributed by atoms with Crippen molar-refractivity contribution in [3.8, 4) is 48.4 Å².